The molecule has 0 heterocycles. The van der Waals surface area contributed by atoms with Crippen LogP contribution in [0.5, 0.6) is 0 Å². The lowest BCUT2D eigenvalue weighted by molar-refractivity contribution is 0.325. The summed E-state index contributed by atoms with van der Waals surface area (Å²) in [6.45, 7) is 11.5. The molecule has 0 atom stereocenters. The summed E-state index contributed by atoms with van der Waals surface area (Å²) in [7, 11) is 0. The lowest BCUT2D eigenvalue weighted by Gasteiger charge is -2.25. The molecule has 1 heteroatoms. The molecule has 0 radical (unpaired) electrons. The van der Waals surface area contributed by atoms with Crippen molar-refractivity contribution in [3.05, 3.63) is 11.8 Å². The molecule has 0 unspecified atom stereocenters. The average Bonchev–Trinajstić information content (AvgIpc) is 2.28. The summed E-state index contributed by atoms with van der Waals surface area (Å²) in [4.78, 5) is 2.58. The summed E-state index contributed by atoms with van der Waals surface area (Å²) in [5.41, 5.74) is 1.48. The molecule has 0 saturated heterocycles. The Kier molecular flexibility index (Phi) is 10.7. The van der Waals surface area contributed by atoms with Gasteiger partial charge in [0.1, 0.15) is 0 Å². The van der Waals surface area contributed by atoms with Crippen LogP contribution in [0.25, 0.3) is 0 Å². The van der Waals surface area contributed by atoms with Gasteiger partial charge in [-0.15, -0.1) is 0 Å². The van der Waals surface area contributed by atoms with Crippen LogP contribution in [0.1, 0.15) is 72.6 Å². The maximum atomic E-state index is 2.58. The van der Waals surface area contributed by atoms with Crippen molar-refractivity contribution < 1.29 is 0 Å². The van der Waals surface area contributed by atoms with Crippen molar-refractivity contribution in [2.24, 2.45) is 0 Å². The van der Waals surface area contributed by atoms with E-state index in [2.05, 4.69) is 38.7 Å². The van der Waals surface area contributed by atoms with Crippen LogP contribution in [-0.2, 0) is 0 Å². The molecule has 0 aliphatic heterocycles. The zero-order valence-electron chi connectivity index (χ0n) is 11.9. The zero-order chi connectivity index (χ0) is 12.2. The molecule has 0 aliphatic rings. The largest absolute Gasteiger partial charge is 0.375 e. The second-order valence-electron chi connectivity index (χ2n) is 4.66. The molecule has 1 nitrogen and oxygen atoms in total. The Labute approximate surface area is 103 Å². The Morgan fingerprint density at radius 3 is 1.75 bits per heavy atom. The molecule has 0 aromatic carbocycles. The highest BCUT2D eigenvalue weighted by Gasteiger charge is 2.03. The minimum atomic E-state index is 1.16. The van der Waals surface area contributed by atoms with E-state index in [0.717, 1.165) is 6.42 Å². The van der Waals surface area contributed by atoms with Gasteiger partial charge in [0.2, 0.25) is 0 Å². The van der Waals surface area contributed by atoms with Crippen molar-refractivity contribution in [1.82, 2.24) is 4.90 Å². The second-order valence-corrected chi connectivity index (χ2v) is 4.66. The van der Waals surface area contributed by atoms with Gasteiger partial charge in [0.05, 0.1) is 0 Å². The van der Waals surface area contributed by atoms with E-state index in [4.69, 9.17) is 0 Å². The van der Waals surface area contributed by atoms with Crippen LogP contribution in [0.2, 0.25) is 0 Å². The quantitative estimate of drug-likeness (QED) is 0.474. The first-order valence-electron chi connectivity index (χ1n) is 7.17. The number of hydrogen-bond donors (Lipinski definition) is 0. The van der Waals surface area contributed by atoms with E-state index in [-0.39, 0.29) is 0 Å². The lowest BCUT2D eigenvalue weighted by Crippen LogP contribution is -2.24. The number of nitrogens with zero attached hydrogens (tertiary/aromatic N) is 1. The Morgan fingerprint density at radius 2 is 1.38 bits per heavy atom. The molecule has 0 rings (SSSR count). The fourth-order valence-corrected chi connectivity index (χ4v) is 1.99. The highest BCUT2D eigenvalue weighted by Crippen LogP contribution is 2.10. The van der Waals surface area contributed by atoms with Crippen molar-refractivity contribution in [1.29, 1.82) is 0 Å². The van der Waals surface area contributed by atoms with E-state index in [1.165, 1.54) is 57.3 Å². The fourth-order valence-electron chi connectivity index (χ4n) is 1.99. The summed E-state index contributed by atoms with van der Waals surface area (Å²) in [6, 6.07) is 0. The first-order valence-corrected chi connectivity index (χ1v) is 7.17. The molecular formula is C15H31N. The molecule has 0 aliphatic carbocycles. The Bertz CT molecular complexity index is 162. The minimum absolute atomic E-state index is 1.16. The molecule has 0 saturated carbocycles. The highest BCUT2D eigenvalue weighted by atomic mass is 15.1. The van der Waals surface area contributed by atoms with Crippen LogP contribution in [0.15, 0.2) is 11.8 Å². The van der Waals surface area contributed by atoms with Gasteiger partial charge >= 0.3 is 0 Å². The third-order valence-electron chi connectivity index (χ3n) is 3.06. The predicted molar refractivity (Wildman–Crippen MR) is 74.7 cm³/mol. The van der Waals surface area contributed by atoms with Crippen molar-refractivity contribution in [3.63, 3.8) is 0 Å². The lowest BCUT2D eigenvalue weighted by atomic mass is 10.2. The van der Waals surface area contributed by atoms with Gasteiger partial charge in [-0.05, 0) is 26.2 Å². The van der Waals surface area contributed by atoms with E-state index >= 15 is 0 Å². The van der Waals surface area contributed by atoms with Crippen LogP contribution >= 0.6 is 0 Å². The van der Waals surface area contributed by atoms with E-state index in [1.54, 1.807) is 0 Å². The number of hydrogen-bond acceptors (Lipinski definition) is 1. The van der Waals surface area contributed by atoms with E-state index in [9.17, 15) is 0 Å². The normalized spacial score (nSPS) is 11.9. The molecule has 96 valence electrons. The van der Waals surface area contributed by atoms with Crippen molar-refractivity contribution >= 4 is 0 Å². The summed E-state index contributed by atoms with van der Waals surface area (Å²) in [5, 5.41) is 0. The molecule has 0 fully saturated rings. The Balaban J connectivity index is 3.99. The molecule has 0 spiro atoms. The van der Waals surface area contributed by atoms with Gasteiger partial charge in [0.25, 0.3) is 0 Å². The predicted octanol–water partition coefficient (Wildman–Crippen LogP) is 4.98. The number of allylic oxidation sites excluding steroid dienone is 2. The van der Waals surface area contributed by atoms with E-state index in [0.29, 0.717) is 0 Å². The van der Waals surface area contributed by atoms with Crippen LogP contribution in [0, 0.1) is 0 Å². The molecule has 16 heavy (non-hydrogen) atoms. The molecule has 0 N–H and O–H groups in total. The van der Waals surface area contributed by atoms with Gasteiger partial charge in [0.15, 0.2) is 0 Å². The standard InChI is InChI=1S/C15H31N/c1-5-8-10-13-16(14-11-9-6-2)15(4)12-7-3/h12H,5-11,13-14H2,1-4H3. The smallest absolute Gasteiger partial charge is 0.0174 e. The first-order chi connectivity index (χ1) is 7.76. The van der Waals surface area contributed by atoms with Gasteiger partial charge in [-0.1, -0.05) is 52.5 Å². The number of rotatable bonds is 10. The van der Waals surface area contributed by atoms with Gasteiger partial charge in [0, 0.05) is 18.8 Å². The fraction of sp³-hybridized carbons (Fsp3) is 0.867. The van der Waals surface area contributed by atoms with Crippen molar-refractivity contribution in [2.45, 2.75) is 72.6 Å². The van der Waals surface area contributed by atoms with Gasteiger partial charge < -0.3 is 4.90 Å². The Morgan fingerprint density at radius 1 is 0.875 bits per heavy atom. The average molecular weight is 225 g/mol. The highest BCUT2D eigenvalue weighted by molar-refractivity contribution is 4.96. The molecule has 0 aromatic heterocycles. The SMILES string of the molecule is CCC=C(C)N(CCCCC)CCCCC. The van der Waals surface area contributed by atoms with Crippen molar-refractivity contribution in [2.75, 3.05) is 13.1 Å². The van der Waals surface area contributed by atoms with Crippen LogP contribution < -0.4 is 0 Å². The Hall–Kier alpha value is -0.460. The maximum Gasteiger partial charge on any atom is 0.0174 e. The molecule has 0 amide bonds. The van der Waals surface area contributed by atoms with Crippen LogP contribution in [0.3, 0.4) is 0 Å². The topological polar surface area (TPSA) is 3.24 Å². The van der Waals surface area contributed by atoms with E-state index < -0.39 is 0 Å². The number of unbranched alkanes of at least 4 members (excludes halogenated alkanes) is 4. The summed E-state index contributed by atoms with van der Waals surface area (Å²) in [6.07, 6.45) is 11.6. The van der Waals surface area contributed by atoms with Gasteiger partial charge in [-0.2, -0.15) is 0 Å². The van der Waals surface area contributed by atoms with Gasteiger partial charge in [-0.25, -0.2) is 0 Å². The van der Waals surface area contributed by atoms with E-state index in [1.807, 2.05) is 0 Å². The maximum absolute atomic E-state index is 2.58. The molecule has 0 bridgehead atoms. The summed E-state index contributed by atoms with van der Waals surface area (Å²) >= 11 is 0. The minimum Gasteiger partial charge on any atom is -0.375 e. The summed E-state index contributed by atoms with van der Waals surface area (Å²) in [5.74, 6) is 0. The molecule has 0 aromatic rings. The van der Waals surface area contributed by atoms with Crippen molar-refractivity contribution in [3.8, 4) is 0 Å². The monoisotopic (exact) mass is 225 g/mol. The van der Waals surface area contributed by atoms with Crippen LogP contribution in [-0.4, -0.2) is 18.0 Å². The first kappa shape index (κ1) is 15.5. The zero-order valence-corrected chi connectivity index (χ0v) is 11.9. The second kappa shape index (κ2) is 11.0. The van der Waals surface area contributed by atoms with Crippen LogP contribution in [0.4, 0.5) is 0 Å². The third kappa shape index (κ3) is 7.78. The summed E-state index contributed by atoms with van der Waals surface area (Å²) < 4.78 is 0. The van der Waals surface area contributed by atoms with Gasteiger partial charge in [-0.3, -0.25) is 0 Å². The molecular weight excluding hydrogens is 194 g/mol. The third-order valence-corrected chi connectivity index (χ3v) is 3.06.